The fraction of sp³-hybridized carbons (Fsp3) is 0.615. The van der Waals surface area contributed by atoms with Crippen molar-refractivity contribution in [3.63, 3.8) is 0 Å². The van der Waals surface area contributed by atoms with E-state index in [9.17, 15) is 0 Å². The summed E-state index contributed by atoms with van der Waals surface area (Å²) in [4.78, 5) is 4.50. The smallest absolute Gasteiger partial charge is 0.0576 e. The van der Waals surface area contributed by atoms with Crippen molar-refractivity contribution in [1.82, 2.24) is 10.3 Å². The van der Waals surface area contributed by atoms with Gasteiger partial charge in [-0.3, -0.25) is 4.98 Å². The fourth-order valence-corrected chi connectivity index (χ4v) is 2.19. The standard InChI is InChI=1S/C13H20N2/c1-10(2)15-9-13-12-6-4-3-5-11(12)7-8-14-13/h7-8,10,15H,3-6,9H2,1-2H3. The van der Waals surface area contributed by atoms with Gasteiger partial charge in [0.2, 0.25) is 0 Å². The van der Waals surface area contributed by atoms with Gasteiger partial charge in [-0.05, 0) is 42.9 Å². The molecule has 0 radical (unpaired) electrons. The molecule has 0 fully saturated rings. The Morgan fingerprint density at radius 1 is 1.33 bits per heavy atom. The van der Waals surface area contributed by atoms with Gasteiger partial charge in [0.1, 0.15) is 0 Å². The van der Waals surface area contributed by atoms with Crippen molar-refractivity contribution in [2.45, 2.75) is 52.1 Å². The SMILES string of the molecule is CC(C)NCc1nccc2c1CCCC2. The Morgan fingerprint density at radius 3 is 2.93 bits per heavy atom. The zero-order valence-corrected chi connectivity index (χ0v) is 9.71. The molecule has 82 valence electrons. The first kappa shape index (κ1) is 10.6. The molecule has 2 rings (SSSR count). The summed E-state index contributed by atoms with van der Waals surface area (Å²) in [5.41, 5.74) is 4.30. The molecule has 15 heavy (non-hydrogen) atoms. The molecule has 1 aliphatic carbocycles. The van der Waals surface area contributed by atoms with Crippen LogP contribution in [0.5, 0.6) is 0 Å². The van der Waals surface area contributed by atoms with E-state index in [1.54, 1.807) is 0 Å². The second kappa shape index (κ2) is 4.75. The molecule has 0 saturated heterocycles. The van der Waals surface area contributed by atoms with Crippen molar-refractivity contribution in [1.29, 1.82) is 0 Å². The highest BCUT2D eigenvalue weighted by Gasteiger charge is 2.13. The number of nitrogens with zero attached hydrogens (tertiary/aromatic N) is 1. The zero-order valence-electron chi connectivity index (χ0n) is 9.71. The van der Waals surface area contributed by atoms with Gasteiger partial charge in [0.05, 0.1) is 5.69 Å². The van der Waals surface area contributed by atoms with Crippen LogP contribution in [0.15, 0.2) is 12.3 Å². The maximum atomic E-state index is 4.50. The van der Waals surface area contributed by atoms with Crippen LogP contribution in [-0.2, 0) is 19.4 Å². The summed E-state index contributed by atoms with van der Waals surface area (Å²) in [5.74, 6) is 0. The van der Waals surface area contributed by atoms with Crippen LogP contribution in [0.3, 0.4) is 0 Å². The quantitative estimate of drug-likeness (QED) is 0.818. The van der Waals surface area contributed by atoms with Gasteiger partial charge in [-0.1, -0.05) is 13.8 Å². The normalized spacial score (nSPS) is 15.4. The summed E-state index contributed by atoms with van der Waals surface area (Å²) in [6.07, 6.45) is 7.09. The van der Waals surface area contributed by atoms with E-state index in [0.717, 1.165) is 6.54 Å². The molecule has 0 aromatic carbocycles. The molecule has 0 spiro atoms. The Balaban J connectivity index is 2.16. The Morgan fingerprint density at radius 2 is 2.13 bits per heavy atom. The minimum absolute atomic E-state index is 0.534. The fourth-order valence-electron chi connectivity index (χ4n) is 2.19. The Bertz CT molecular complexity index is 331. The van der Waals surface area contributed by atoms with Crippen LogP contribution in [0.2, 0.25) is 0 Å². The number of aromatic nitrogens is 1. The molecule has 0 amide bonds. The van der Waals surface area contributed by atoms with Gasteiger partial charge in [-0.25, -0.2) is 0 Å². The average Bonchev–Trinajstić information content (AvgIpc) is 2.26. The lowest BCUT2D eigenvalue weighted by molar-refractivity contribution is 0.571. The molecule has 2 heteroatoms. The first-order valence-electron chi connectivity index (χ1n) is 5.96. The molecule has 0 aliphatic heterocycles. The molecule has 0 bridgehead atoms. The van der Waals surface area contributed by atoms with Crippen molar-refractivity contribution in [3.05, 3.63) is 29.1 Å². The molecular formula is C13H20N2. The van der Waals surface area contributed by atoms with Crippen LogP contribution >= 0.6 is 0 Å². The highest BCUT2D eigenvalue weighted by molar-refractivity contribution is 5.32. The number of pyridine rings is 1. The first-order valence-corrected chi connectivity index (χ1v) is 5.96. The number of rotatable bonds is 3. The van der Waals surface area contributed by atoms with Crippen LogP contribution in [0.1, 0.15) is 43.5 Å². The third-order valence-electron chi connectivity index (χ3n) is 3.04. The van der Waals surface area contributed by atoms with Crippen molar-refractivity contribution >= 4 is 0 Å². The lowest BCUT2D eigenvalue weighted by Gasteiger charge is -2.19. The van der Waals surface area contributed by atoms with Gasteiger partial charge in [-0.2, -0.15) is 0 Å². The molecule has 2 nitrogen and oxygen atoms in total. The van der Waals surface area contributed by atoms with E-state index in [4.69, 9.17) is 0 Å². The van der Waals surface area contributed by atoms with Gasteiger partial charge < -0.3 is 5.32 Å². The first-order chi connectivity index (χ1) is 7.27. The summed E-state index contributed by atoms with van der Waals surface area (Å²) >= 11 is 0. The number of aryl methyl sites for hydroxylation is 1. The van der Waals surface area contributed by atoms with E-state index < -0.39 is 0 Å². The Labute approximate surface area is 92.1 Å². The largest absolute Gasteiger partial charge is 0.309 e. The molecule has 0 unspecified atom stereocenters. The molecular weight excluding hydrogens is 184 g/mol. The van der Waals surface area contributed by atoms with E-state index in [-0.39, 0.29) is 0 Å². The molecule has 1 N–H and O–H groups in total. The maximum Gasteiger partial charge on any atom is 0.0576 e. The highest BCUT2D eigenvalue weighted by atomic mass is 14.9. The summed E-state index contributed by atoms with van der Waals surface area (Å²) in [6.45, 7) is 5.27. The van der Waals surface area contributed by atoms with Crippen molar-refractivity contribution in [2.75, 3.05) is 0 Å². The third kappa shape index (κ3) is 2.57. The molecule has 1 heterocycles. The zero-order chi connectivity index (χ0) is 10.7. The second-order valence-corrected chi connectivity index (χ2v) is 4.64. The molecule has 1 aromatic rings. The Hall–Kier alpha value is -0.890. The highest BCUT2D eigenvalue weighted by Crippen LogP contribution is 2.22. The average molecular weight is 204 g/mol. The van der Waals surface area contributed by atoms with Crippen LogP contribution in [-0.4, -0.2) is 11.0 Å². The van der Waals surface area contributed by atoms with Crippen LogP contribution < -0.4 is 5.32 Å². The van der Waals surface area contributed by atoms with E-state index >= 15 is 0 Å². The summed E-state index contributed by atoms with van der Waals surface area (Å²) in [7, 11) is 0. The summed E-state index contributed by atoms with van der Waals surface area (Å²) in [5, 5.41) is 3.45. The van der Waals surface area contributed by atoms with E-state index in [1.165, 1.54) is 42.5 Å². The van der Waals surface area contributed by atoms with Gasteiger partial charge in [0.15, 0.2) is 0 Å². The van der Waals surface area contributed by atoms with Gasteiger partial charge in [-0.15, -0.1) is 0 Å². The number of hydrogen-bond donors (Lipinski definition) is 1. The third-order valence-corrected chi connectivity index (χ3v) is 3.04. The van der Waals surface area contributed by atoms with Gasteiger partial charge >= 0.3 is 0 Å². The summed E-state index contributed by atoms with van der Waals surface area (Å²) in [6, 6.07) is 2.72. The minimum atomic E-state index is 0.534. The monoisotopic (exact) mass is 204 g/mol. The number of hydrogen-bond acceptors (Lipinski definition) is 2. The lowest BCUT2D eigenvalue weighted by Crippen LogP contribution is -2.24. The van der Waals surface area contributed by atoms with Crippen molar-refractivity contribution < 1.29 is 0 Å². The predicted molar refractivity (Wildman–Crippen MR) is 62.9 cm³/mol. The molecule has 1 aromatic heterocycles. The molecule has 0 saturated carbocycles. The van der Waals surface area contributed by atoms with Crippen molar-refractivity contribution in [3.8, 4) is 0 Å². The second-order valence-electron chi connectivity index (χ2n) is 4.64. The molecule has 1 aliphatic rings. The number of nitrogens with one attached hydrogen (secondary N) is 1. The van der Waals surface area contributed by atoms with Crippen LogP contribution in [0.4, 0.5) is 0 Å². The minimum Gasteiger partial charge on any atom is -0.309 e. The molecule has 0 atom stereocenters. The number of fused-ring (bicyclic) bond motifs is 1. The topological polar surface area (TPSA) is 24.9 Å². The summed E-state index contributed by atoms with van der Waals surface area (Å²) < 4.78 is 0. The lowest BCUT2D eigenvalue weighted by atomic mass is 9.91. The van der Waals surface area contributed by atoms with Gasteiger partial charge in [0.25, 0.3) is 0 Å². The van der Waals surface area contributed by atoms with E-state index in [0.29, 0.717) is 6.04 Å². The Kier molecular flexibility index (Phi) is 3.37. The maximum absolute atomic E-state index is 4.50. The van der Waals surface area contributed by atoms with Gasteiger partial charge in [0, 0.05) is 18.8 Å². The van der Waals surface area contributed by atoms with E-state index in [2.05, 4.69) is 30.2 Å². The van der Waals surface area contributed by atoms with Crippen LogP contribution in [0.25, 0.3) is 0 Å². The van der Waals surface area contributed by atoms with E-state index in [1.807, 2.05) is 6.20 Å². The van der Waals surface area contributed by atoms with Crippen LogP contribution in [0, 0.1) is 0 Å². The van der Waals surface area contributed by atoms with Crippen molar-refractivity contribution in [2.24, 2.45) is 0 Å². The predicted octanol–water partition coefficient (Wildman–Crippen LogP) is 2.46.